The lowest BCUT2D eigenvalue weighted by Gasteiger charge is -2.34. The van der Waals surface area contributed by atoms with E-state index in [0.717, 1.165) is 25.0 Å². The molecule has 0 N–H and O–H groups in total. The Bertz CT molecular complexity index is 976. The number of carbonyl (C=O) groups excluding carboxylic acids is 1. The summed E-state index contributed by atoms with van der Waals surface area (Å²) in [7, 11) is 0. The van der Waals surface area contributed by atoms with Gasteiger partial charge in [0, 0.05) is 50.5 Å². The van der Waals surface area contributed by atoms with Crippen LogP contribution < -0.4 is 5.63 Å². The molecule has 1 aliphatic heterocycles. The molecule has 0 saturated carbocycles. The Hall–Kier alpha value is -2.99. The van der Waals surface area contributed by atoms with Gasteiger partial charge >= 0.3 is 5.63 Å². The van der Waals surface area contributed by atoms with Crippen LogP contribution in [0.5, 0.6) is 0 Å². The molecule has 0 spiro atoms. The summed E-state index contributed by atoms with van der Waals surface area (Å²) in [5.41, 5.74) is 1.23. The van der Waals surface area contributed by atoms with Crippen molar-refractivity contribution < 1.29 is 9.21 Å². The monoisotopic (exact) mass is 349 g/mol. The van der Waals surface area contributed by atoms with Crippen molar-refractivity contribution in [2.75, 3.05) is 26.2 Å². The number of nitrogens with zero attached hydrogens (tertiary/aromatic N) is 3. The predicted octanol–water partition coefficient (Wildman–Crippen LogP) is 2.15. The minimum Gasteiger partial charge on any atom is -0.422 e. The molecule has 0 aliphatic carbocycles. The van der Waals surface area contributed by atoms with E-state index in [1.54, 1.807) is 35.5 Å². The number of amides is 1. The van der Waals surface area contributed by atoms with Crippen molar-refractivity contribution in [2.24, 2.45) is 0 Å². The van der Waals surface area contributed by atoms with Gasteiger partial charge in [-0.2, -0.15) is 0 Å². The zero-order valence-corrected chi connectivity index (χ0v) is 14.3. The Morgan fingerprint density at radius 1 is 1.04 bits per heavy atom. The first-order chi connectivity index (χ1) is 12.7. The summed E-state index contributed by atoms with van der Waals surface area (Å²) >= 11 is 0. The highest BCUT2D eigenvalue weighted by Gasteiger charge is 2.24. The molecule has 1 saturated heterocycles. The Morgan fingerprint density at radius 2 is 1.77 bits per heavy atom. The summed E-state index contributed by atoms with van der Waals surface area (Å²) in [5.74, 6) is -0.256. The second-order valence-electron chi connectivity index (χ2n) is 6.41. The molecule has 0 atom stereocenters. The quantitative estimate of drug-likeness (QED) is 0.678. The van der Waals surface area contributed by atoms with Crippen LogP contribution in [0.15, 0.2) is 64.1 Å². The number of hydrogen-bond donors (Lipinski definition) is 0. The number of pyridine rings is 1. The molecule has 6 heteroatoms. The topological polar surface area (TPSA) is 66.7 Å². The normalized spacial score (nSPS) is 15.3. The summed E-state index contributed by atoms with van der Waals surface area (Å²) in [6.45, 7) is 3.56. The Labute approximate surface area is 150 Å². The molecule has 3 aromatic rings. The van der Waals surface area contributed by atoms with Crippen LogP contribution in [0, 0.1) is 0 Å². The number of fused-ring (bicyclic) bond motifs is 1. The van der Waals surface area contributed by atoms with E-state index in [4.69, 9.17) is 4.42 Å². The van der Waals surface area contributed by atoms with E-state index in [1.807, 2.05) is 24.3 Å². The molecule has 0 bridgehead atoms. The van der Waals surface area contributed by atoms with Crippen LogP contribution in [0.25, 0.3) is 11.0 Å². The summed E-state index contributed by atoms with van der Waals surface area (Å²) in [4.78, 5) is 33.0. The number of aromatic nitrogens is 1. The number of para-hydroxylation sites is 1. The molecule has 26 heavy (non-hydrogen) atoms. The predicted molar refractivity (Wildman–Crippen MR) is 97.9 cm³/mol. The molecule has 1 fully saturated rings. The van der Waals surface area contributed by atoms with Crippen LogP contribution in [0.4, 0.5) is 0 Å². The van der Waals surface area contributed by atoms with E-state index in [0.29, 0.717) is 18.7 Å². The van der Waals surface area contributed by atoms with Crippen molar-refractivity contribution in [1.82, 2.24) is 14.8 Å². The molecule has 2 aromatic heterocycles. The summed E-state index contributed by atoms with van der Waals surface area (Å²) < 4.78 is 5.29. The Kier molecular flexibility index (Phi) is 4.50. The minimum atomic E-state index is -0.576. The van der Waals surface area contributed by atoms with Crippen molar-refractivity contribution in [3.8, 4) is 0 Å². The van der Waals surface area contributed by atoms with Gasteiger partial charge in [0.25, 0.3) is 5.91 Å². The van der Waals surface area contributed by atoms with Crippen LogP contribution in [-0.2, 0) is 6.54 Å². The van der Waals surface area contributed by atoms with Crippen LogP contribution >= 0.6 is 0 Å². The largest absolute Gasteiger partial charge is 0.422 e. The van der Waals surface area contributed by atoms with Gasteiger partial charge in [-0.25, -0.2) is 4.79 Å². The van der Waals surface area contributed by atoms with E-state index < -0.39 is 5.63 Å². The zero-order valence-electron chi connectivity index (χ0n) is 14.3. The maximum atomic E-state index is 12.8. The zero-order chi connectivity index (χ0) is 17.9. The second kappa shape index (κ2) is 7.09. The average Bonchev–Trinajstić information content (AvgIpc) is 2.68. The fourth-order valence-electron chi connectivity index (χ4n) is 3.24. The highest BCUT2D eigenvalue weighted by Crippen LogP contribution is 2.15. The maximum Gasteiger partial charge on any atom is 0.349 e. The summed E-state index contributed by atoms with van der Waals surface area (Å²) in [6, 6.07) is 12.8. The standard InChI is InChI=1S/C20H19N3O3/c24-19(17-13-16-3-1-2-4-18(16)26-20(17)25)23-11-9-22(10-12-23)14-15-5-7-21-8-6-15/h1-8,13H,9-12,14H2. The van der Waals surface area contributed by atoms with Gasteiger partial charge < -0.3 is 9.32 Å². The third-order valence-electron chi connectivity index (χ3n) is 4.69. The molecule has 4 rings (SSSR count). The molecule has 1 aliphatic rings. The van der Waals surface area contributed by atoms with Crippen molar-refractivity contribution >= 4 is 16.9 Å². The third-order valence-corrected chi connectivity index (χ3v) is 4.69. The van der Waals surface area contributed by atoms with Crippen molar-refractivity contribution in [2.45, 2.75) is 6.54 Å². The molecular formula is C20H19N3O3. The van der Waals surface area contributed by atoms with Crippen LogP contribution in [-0.4, -0.2) is 46.9 Å². The highest BCUT2D eigenvalue weighted by atomic mass is 16.4. The first-order valence-corrected chi connectivity index (χ1v) is 8.64. The summed E-state index contributed by atoms with van der Waals surface area (Å²) in [6.07, 6.45) is 3.57. The molecule has 1 amide bonds. The van der Waals surface area contributed by atoms with Gasteiger partial charge in [-0.3, -0.25) is 14.7 Å². The smallest absolute Gasteiger partial charge is 0.349 e. The molecule has 0 radical (unpaired) electrons. The van der Waals surface area contributed by atoms with Crippen LogP contribution in [0.3, 0.4) is 0 Å². The Balaban J connectivity index is 1.45. The van der Waals surface area contributed by atoms with E-state index in [-0.39, 0.29) is 11.5 Å². The lowest BCUT2D eigenvalue weighted by molar-refractivity contribution is 0.0624. The Morgan fingerprint density at radius 3 is 2.54 bits per heavy atom. The van der Waals surface area contributed by atoms with E-state index in [2.05, 4.69) is 9.88 Å². The van der Waals surface area contributed by atoms with Gasteiger partial charge in [-0.15, -0.1) is 0 Å². The minimum absolute atomic E-state index is 0.103. The lowest BCUT2D eigenvalue weighted by Crippen LogP contribution is -2.49. The number of carbonyl (C=O) groups is 1. The van der Waals surface area contributed by atoms with Gasteiger partial charge in [0.15, 0.2) is 0 Å². The maximum absolute atomic E-state index is 12.8. The number of piperazine rings is 1. The van der Waals surface area contributed by atoms with Gasteiger partial charge in [0.1, 0.15) is 11.1 Å². The first-order valence-electron chi connectivity index (χ1n) is 8.64. The van der Waals surface area contributed by atoms with Gasteiger partial charge in [0.2, 0.25) is 0 Å². The average molecular weight is 349 g/mol. The molecule has 1 aromatic carbocycles. The van der Waals surface area contributed by atoms with E-state index in [1.165, 1.54) is 5.56 Å². The lowest BCUT2D eigenvalue weighted by atomic mass is 10.1. The van der Waals surface area contributed by atoms with E-state index in [9.17, 15) is 9.59 Å². The summed E-state index contributed by atoms with van der Waals surface area (Å²) in [5, 5.41) is 0.756. The fraction of sp³-hybridized carbons (Fsp3) is 0.250. The first kappa shape index (κ1) is 16.5. The van der Waals surface area contributed by atoms with Crippen molar-refractivity contribution in [3.63, 3.8) is 0 Å². The van der Waals surface area contributed by atoms with Crippen LogP contribution in [0.2, 0.25) is 0 Å². The van der Waals surface area contributed by atoms with Gasteiger partial charge in [-0.1, -0.05) is 18.2 Å². The third kappa shape index (κ3) is 3.36. The number of rotatable bonds is 3. The molecule has 132 valence electrons. The van der Waals surface area contributed by atoms with Crippen LogP contribution in [0.1, 0.15) is 15.9 Å². The molecule has 6 nitrogen and oxygen atoms in total. The fourth-order valence-corrected chi connectivity index (χ4v) is 3.24. The molecule has 3 heterocycles. The van der Waals surface area contributed by atoms with Crippen molar-refractivity contribution in [3.05, 3.63) is 76.4 Å². The SMILES string of the molecule is O=C(c1cc2ccccc2oc1=O)N1CCN(Cc2ccncc2)CC1. The molecule has 0 unspecified atom stereocenters. The number of hydrogen-bond acceptors (Lipinski definition) is 5. The number of benzene rings is 1. The van der Waals surface area contributed by atoms with Crippen molar-refractivity contribution in [1.29, 1.82) is 0 Å². The second-order valence-corrected chi connectivity index (χ2v) is 6.41. The van der Waals surface area contributed by atoms with E-state index >= 15 is 0 Å². The molecular weight excluding hydrogens is 330 g/mol. The van der Waals surface area contributed by atoms with Gasteiger partial charge in [-0.05, 0) is 29.8 Å². The van der Waals surface area contributed by atoms with Gasteiger partial charge in [0.05, 0.1) is 0 Å². The highest BCUT2D eigenvalue weighted by molar-refractivity contribution is 5.96.